The van der Waals surface area contributed by atoms with Crippen molar-refractivity contribution in [3.63, 3.8) is 0 Å². The topological polar surface area (TPSA) is 94.5 Å². The van der Waals surface area contributed by atoms with Crippen LogP contribution in [0, 0.1) is 16.7 Å². The summed E-state index contributed by atoms with van der Waals surface area (Å²) >= 11 is 0. The van der Waals surface area contributed by atoms with Gasteiger partial charge in [-0.2, -0.15) is 5.26 Å². The van der Waals surface area contributed by atoms with Crippen LogP contribution in [0.5, 0.6) is 0 Å². The Morgan fingerprint density at radius 2 is 2.20 bits per heavy atom. The number of aliphatic hydroxyl groups is 1. The number of amides is 1. The Balaban J connectivity index is 1.65. The molecule has 1 saturated carbocycles. The van der Waals surface area contributed by atoms with Crippen LogP contribution in [0.2, 0.25) is 0 Å². The van der Waals surface area contributed by atoms with Crippen molar-refractivity contribution in [3.8, 4) is 6.07 Å². The Morgan fingerprint density at radius 3 is 2.84 bits per heavy atom. The summed E-state index contributed by atoms with van der Waals surface area (Å²) in [7, 11) is 0. The lowest BCUT2D eigenvalue weighted by Gasteiger charge is -2.29. The molecule has 2 aliphatic rings. The van der Waals surface area contributed by atoms with Crippen molar-refractivity contribution >= 4 is 11.7 Å². The number of hydrogen-bond donors (Lipinski definition) is 1. The van der Waals surface area contributed by atoms with E-state index >= 15 is 0 Å². The molecule has 2 aromatic heterocycles. The fourth-order valence-electron chi connectivity index (χ4n) is 3.88. The highest BCUT2D eigenvalue weighted by Crippen LogP contribution is 2.63. The number of likely N-dealkylation sites (tertiary alicyclic amines) is 1. The maximum absolute atomic E-state index is 12.6. The molecule has 1 aliphatic heterocycles. The van der Waals surface area contributed by atoms with Crippen molar-refractivity contribution in [3.05, 3.63) is 29.8 Å². The number of aromatic nitrogens is 3. The molecule has 25 heavy (non-hydrogen) atoms. The Kier molecular flexibility index (Phi) is 3.38. The van der Waals surface area contributed by atoms with Crippen LogP contribution < -0.4 is 0 Å². The number of piperidine rings is 1. The molecule has 0 radical (unpaired) electrons. The molecule has 1 unspecified atom stereocenters. The van der Waals surface area contributed by atoms with Gasteiger partial charge in [-0.05, 0) is 24.7 Å². The molecule has 1 saturated heterocycles. The van der Waals surface area contributed by atoms with Crippen LogP contribution in [0.15, 0.2) is 18.6 Å². The monoisotopic (exact) mass is 339 g/mol. The Morgan fingerprint density at radius 1 is 1.44 bits per heavy atom. The van der Waals surface area contributed by atoms with Crippen LogP contribution in [0.4, 0.5) is 0 Å². The Hall–Kier alpha value is -2.46. The summed E-state index contributed by atoms with van der Waals surface area (Å²) in [4.78, 5) is 22.9. The van der Waals surface area contributed by atoms with Gasteiger partial charge in [0.1, 0.15) is 5.69 Å². The van der Waals surface area contributed by atoms with Gasteiger partial charge in [-0.25, -0.2) is 9.97 Å². The maximum atomic E-state index is 12.6. The first kappa shape index (κ1) is 16.0. The fraction of sp³-hybridized carbons (Fsp3) is 0.556. The molecule has 7 heteroatoms. The zero-order chi connectivity index (χ0) is 17.8. The molecule has 7 nitrogen and oxygen atoms in total. The molecule has 2 aromatic rings. The number of fused-ring (bicyclic) bond motifs is 1. The van der Waals surface area contributed by atoms with Crippen molar-refractivity contribution < 1.29 is 9.90 Å². The molecule has 1 amide bonds. The van der Waals surface area contributed by atoms with E-state index in [0.29, 0.717) is 24.6 Å². The molecule has 1 N–H and O–H groups in total. The van der Waals surface area contributed by atoms with Gasteiger partial charge in [0.2, 0.25) is 5.78 Å². The second kappa shape index (κ2) is 5.27. The minimum Gasteiger partial charge on any atom is -0.391 e. The van der Waals surface area contributed by atoms with E-state index < -0.39 is 11.5 Å². The molecule has 4 rings (SSSR count). The van der Waals surface area contributed by atoms with Gasteiger partial charge in [-0.3, -0.25) is 9.20 Å². The van der Waals surface area contributed by atoms with Crippen molar-refractivity contribution in [2.24, 2.45) is 5.41 Å². The predicted molar refractivity (Wildman–Crippen MR) is 89.8 cm³/mol. The van der Waals surface area contributed by atoms with E-state index in [1.807, 2.05) is 6.20 Å². The molecule has 2 atom stereocenters. The lowest BCUT2D eigenvalue weighted by Crippen LogP contribution is -2.42. The van der Waals surface area contributed by atoms with Crippen LogP contribution in [0.3, 0.4) is 0 Å². The van der Waals surface area contributed by atoms with Gasteiger partial charge in [0, 0.05) is 37.2 Å². The SMILES string of the molecule is CC1(C)CC1(C#N)c1cnc2nc(C(=O)N3CCC[C@@H](O)C3)cn2c1. The zero-order valence-electron chi connectivity index (χ0n) is 14.4. The average molecular weight is 339 g/mol. The van der Waals surface area contributed by atoms with E-state index in [1.165, 1.54) is 0 Å². The number of rotatable bonds is 2. The zero-order valence-corrected chi connectivity index (χ0v) is 14.4. The van der Waals surface area contributed by atoms with Gasteiger partial charge < -0.3 is 10.0 Å². The third-order valence-corrected chi connectivity index (χ3v) is 5.63. The summed E-state index contributed by atoms with van der Waals surface area (Å²) in [5.74, 6) is 0.253. The van der Waals surface area contributed by atoms with Gasteiger partial charge in [-0.15, -0.1) is 0 Å². The number of nitriles is 1. The van der Waals surface area contributed by atoms with Crippen molar-refractivity contribution in [2.75, 3.05) is 13.1 Å². The summed E-state index contributed by atoms with van der Waals surface area (Å²) in [6, 6.07) is 2.43. The summed E-state index contributed by atoms with van der Waals surface area (Å²) in [5, 5.41) is 19.4. The van der Waals surface area contributed by atoms with Gasteiger partial charge in [0.25, 0.3) is 5.91 Å². The molecular formula is C18H21N5O2. The molecule has 0 spiro atoms. The van der Waals surface area contributed by atoms with Crippen molar-refractivity contribution in [1.29, 1.82) is 5.26 Å². The van der Waals surface area contributed by atoms with Crippen LogP contribution in [0.25, 0.3) is 5.78 Å². The average Bonchev–Trinajstić information content (AvgIpc) is 2.96. The van der Waals surface area contributed by atoms with E-state index in [0.717, 1.165) is 24.8 Å². The third kappa shape index (κ3) is 2.40. The lowest BCUT2D eigenvalue weighted by atomic mass is 9.91. The minimum atomic E-state index is -0.514. The van der Waals surface area contributed by atoms with E-state index in [2.05, 4.69) is 29.9 Å². The molecular weight excluding hydrogens is 318 g/mol. The first-order valence-corrected chi connectivity index (χ1v) is 8.60. The largest absolute Gasteiger partial charge is 0.391 e. The summed E-state index contributed by atoms with van der Waals surface area (Å²) in [6.45, 7) is 5.13. The van der Waals surface area contributed by atoms with E-state index in [4.69, 9.17) is 0 Å². The Labute approximate surface area is 145 Å². The second-order valence-electron chi connectivity index (χ2n) is 7.80. The fourth-order valence-corrected chi connectivity index (χ4v) is 3.88. The normalized spacial score (nSPS) is 27.9. The molecule has 2 fully saturated rings. The highest BCUT2D eigenvalue weighted by atomic mass is 16.3. The number of carbonyl (C=O) groups excluding carboxylic acids is 1. The number of aliphatic hydroxyl groups excluding tert-OH is 1. The smallest absolute Gasteiger partial charge is 0.274 e. The lowest BCUT2D eigenvalue weighted by molar-refractivity contribution is 0.0469. The summed E-state index contributed by atoms with van der Waals surface area (Å²) < 4.78 is 1.72. The van der Waals surface area contributed by atoms with Crippen molar-refractivity contribution in [2.45, 2.75) is 44.6 Å². The number of β-amino-alcohol motifs (C(OH)–C–C–N with tert-alkyl or cyclic N) is 1. The Bertz CT molecular complexity index is 896. The van der Waals surface area contributed by atoms with Crippen LogP contribution in [0.1, 0.15) is 49.2 Å². The first-order chi connectivity index (χ1) is 11.9. The molecule has 0 bridgehead atoms. The van der Waals surface area contributed by atoms with Crippen LogP contribution >= 0.6 is 0 Å². The minimum absolute atomic E-state index is 0.0692. The quantitative estimate of drug-likeness (QED) is 0.895. The highest BCUT2D eigenvalue weighted by Gasteiger charge is 2.63. The number of imidazole rings is 1. The molecule has 1 aliphatic carbocycles. The number of hydrogen-bond acceptors (Lipinski definition) is 5. The van der Waals surface area contributed by atoms with Gasteiger partial charge in [0.15, 0.2) is 0 Å². The van der Waals surface area contributed by atoms with Gasteiger partial charge >= 0.3 is 0 Å². The highest BCUT2D eigenvalue weighted by molar-refractivity contribution is 5.92. The van der Waals surface area contributed by atoms with E-state index in [9.17, 15) is 15.2 Å². The summed E-state index contributed by atoms with van der Waals surface area (Å²) in [6.07, 6.45) is 7.07. The van der Waals surface area contributed by atoms with Crippen LogP contribution in [-0.4, -0.2) is 49.5 Å². The first-order valence-electron chi connectivity index (χ1n) is 8.60. The maximum Gasteiger partial charge on any atom is 0.274 e. The standard InChI is InChI=1S/C18H21N5O2/c1-17(2)10-18(17,11-19)12-6-20-16-21-14(9-23(16)7-12)15(25)22-5-3-4-13(24)8-22/h6-7,9,13,24H,3-5,8,10H2,1-2H3/t13-,18?/m1/s1. The van der Waals surface area contributed by atoms with Crippen LogP contribution in [-0.2, 0) is 5.41 Å². The van der Waals surface area contributed by atoms with Gasteiger partial charge in [0.05, 0.1) is 17.6 Å². The number of nitrogens with zero attached hydrogens (tertiary/aromatic N) is 5. The van der Waals surface area contributed by atoms with Gasteiger partial charge in [-0.1, -0.05) is 13.8 Å². The second-order valence-corrected chi connectivity index (χ2v) is 7.80. The summed E-state index contributed by atoms with van der Waals surface area (Å²) in [5.41, 5.74) is 0.594. The number of carbonyl (C=O) groups is 1. The van der Waals surface area contributed by atoms with E-state index in [1.54, 1.807) is 21.7 Å². The predicted octanol–water partition coefficient (Wildman–Crippen LogP) is 1.52. The molecule has 0 aromatic carbocycles. The van der Waals surface area contributed by atoms with Crippen molar-refractivity contribution in [1.82, 2.24) is 19.3 Å². The third-order valence-electron chi connectivity index (χ3n) is 5.63. The molecule has 130 valence electrons. The van der Waals surface area contributed by atoms with E-state index in [-0.39, 0.29) is 11.3 Å². The molecule has 3 heterocycles.